The largest absolute Gasteiger partial charge is 0.322 e. The summed E-state index contributed by atoms with van der Waals surface area (Å²) in [5, 5.41) is 0. The van der Waals surface area contributed by atoms with E-state index in [4.69, 9.17) is 5.73 Å². The molecule has 3 nitrogen and oxygen atoms in total. The van der Waals surface area contributed by atoms with Crippen molar-refractivity contribution in [2.45, 2.75) is 13.8 Å². The zero-order valence-electron chi connectivity index (χ0n) is 11.3. The molecule has 0 aliphatic heterocycles. The summed E-state index contributed by atoms with van der Waals surface area (Å²) in [7, 11) is 0. The number of aryl methyl sites for hydroxylation is 2. The lowest BCUT2D eigenvalue weighted by atomic mass is 10.1. The highest BCUT2D eigenvalue weighted by Crippen LogP contribution is 2.27. The quantitative estimate of drug-likeness (QED) is 0.915. The molecule has 0 aliphatic carbocycles. The number of benzene rings is 2. The van der Waals surface area contributed by atoms with Crippen molar-refractivity contribution in [3.05, 3.63) is 59.7 Å². The van der Waals surface area contributed by atoms with Crippen LogP contribution in [-0.4, -0.2) is 12.5 Å². The van der Waals surface area contributed by atoms with Gasteiger partial charge in [0.2, 0.25) is 5.91 Å². The van der Waals surface area contributed by atoms with Crippen LogP contribution in [0.25, 0.3) is 0 Å². The number of nitrogens with zero attached hydrogens (tertiary/aromatic N) is 1. The summed E-state index contributed by atoms with van der Waals surface area (Å²) in [6.45, 7) is 4.03. The molecule has 0 bridgehead atoms. The van der Waals surface area contributed by atoms with Gasteiger partial charge in [0.25, 0.3) is 0 Å². The predicted molar refractivity (Wildman–Crippen MR) is 78.6 cm³/mol. The lowest BCUT2D eigenvalue weighted by Crippen LogP contribution is -2.32. The minimum absolute atomic E-state index is 0.0120. The third-order valence-corrected chi connectivity index (χ3v) is 2.90. The number of carbonyl (C=O) groups is 1. The van der Waals surface area contributed by atoms with Crippen LogP contribution >= 0.6 is 0 Å². The SMILES string of the molecule is Cc1cc(C)cc(N(C(=O)CN)c2ccccc2)c1. The van der Waals surface area contributed by atoms with Gasteiger partial charge in [-0.2, -0.15) is 0 Å². The second-order valence-electron chi connectivity index (χ2n) is 4.61. The summed E-state index contributed by atoms with van der Waals surface area (Å²) in [6, 6.07) is 15.6. The zero-order chi connectivity index (χ0) is 13.8. The Balaban J connectivity index is 2.52. The molecule has 0 aromatic heterocycles. The van der Waals surface area contributed by atoms with E-state index in [9.17, 15) is 4.79 Å². The molecule has 0 aliphatic rings. The van der Waals surface area contributed by atoms with Crippen molar-refractivity contribution in [3.63, 3.8) is 0 Å². The Morgan fingerprint density at radius 3 is 2.11 bits per heavy atom. The highest BCUT2D eigenvalue weighted by molar-refractivity contribution is 6.01. The van der Waals surface area contributed by atoms with Crippen molar-refractivity contribution in [2.24, 2.45) is 5.73 Å². The number of nitrogens with two attached hydrogens (primary N) is 1. The number of carbonyl (C=O) groups excluding carboxylic acids is 1. The second kappa shape index (κ2) is 5.67. The maximum absolute atomic E-state index is 12.1. The van der Waals surface area contributed by atoms with Crippen LogP contribution in [0, 0.1) is 13.8 Å². The molecular weight excluding hydrogens is 236 g/mol. The van der Waals surface area contributed by atoms with Crippen molar-refractivity contribution in [3.8, 4) is 0 Å². The molecule has 0 atom stereocenters. The first kappa shape index (κ1) is 13.3. The van der Waals surface area contributed by atoms with Gasteiger partial charge in [0, 0.05) is 11.4 Å². The van der Waals surface area contributed by atoms with E-state index in [1.54, 1.807) is 4.90 Å². The van der Waals surface area contributed by atoms with E-state index in [-0.39, 0.29) is 12.5 Å². The van der Waals surface area contributed by atoms with Gasteiger partial charge in [-0.05, 0) is 49.2 Å². The van der Waals surface area contributed by atoms with Crippen molar-refractivity contribution in [1.82, 2.24) is 0 Å². The number of hydrogen-bond acceptors (Lipinski definition) is 2. The van der Waals surface area contributed by atoms with E-state index < -0.39 is 0 Å². The molecule has 19 heavy (non-hydrogen) atoms. The van der Waals surface area contributed by atoms with Crippen LogP contribution in [-0.2, 0) is 4.79 Å². The normalized spacial score (nSPS) is 10.3. The Bertz CT molecular complexity index is 558. The van der Waals surface area contributed by atoms with Crippen LogP contribution in [0.4, 0.5) is 11.4 Å². The molecule has 2 aromatic rings. The van der Waals surface area contributed by atoms with E-state index >= 15 is 0 Å². The molecule has 2 aromatic carbocycles. The molecule has 2 rings (SSSR count). The highest BCUT2D eigenvalue weighted by atomic mass is 16.2. The molecule has 0 saturated heterocycles. The minimum Gasteiger partial charge on any atom is -0.322 e. The minimum atomic E-state index is -0.115. The molecule has 1 amide bonds. The Kier molecular flexibility index (Phi) is 3.97. The van der Waals surface area contributed by atoms with Gasteiger partial charge in [0.05, 0.1) is 6.54 Å². The first-order valence-corrected chi connectivity index (χ1v) is 6.28. The topological polar surface area (TPSA) is 46.3 Å². The maximum Gasteiger partial charge on any atom is 0.245 e. The number of rotatable bonds is 3. The summed E-state index contributed by atoms with van der Waals surface area (Å²) in [5.41, 5.74) is 9.48. The van der Waals surface area contributed by atoms with Gasteiger partial charge < -0.3 is 5.73 Å². The van der Waals surface area contributed by atoms with Crippen molar-refractivity contribution >= 4 is 17.3 Å². The first-order valence-electron chi connectivity index (χ1n) is 6.28. The molecule has 2 N–H and O–H groups in total. The van der Waals surface area contributed by atoms with Crippen molar-refractivity contribution in [2.75, 3.05) is 11.4 Å². The van der Waals surface area contributed by atoms with Crippen LogP contribution in [0.15, 0.2) is 48.5 Å². The number of anilines is 2. The smallest absolute Gasteiger partial charge is 0.245 e. The van der Waals surface area contributed by atoms with Gasteiger partial charge in [0.1, 0.15) is 0 Å². The monoisotopic (exact) mass is 254 g/mol. The second-order valence-corrected chi connectivity index (χ2v) is 4.61. The first-order chi connectivity index (χ1) is 9.11. The predicted octanol–water partition coefficient (Wildman–Crippen LogP) is 2.93. The van der Waals surface area contributed by atoms with E-state index in [0.717, 1.165) is 22.5 Å². The van der Waals surface area contributed by atoms with Crippen LogP contribution in [0.3, 0.4) is 0 Å². The Morgan fingerprint density at radius 1 is 1.00 bits per heavy atom. The molecule has 98 valence electrons. The average Bonchev–Trinajstić information content (AvgIpc) is 2.39. The molecule has 0 heterocycles. The zero-order valence-corrected chi connectivity index (χ0v) is 11.3. The molecule has 0 fully saturated rings. The Labute approximate surface area is 113 Å². The van der Waals surface area contributed by atoms with Crippen LogP contribution < -0.4 is 10.6 Å². The van der Waals surface area contributed by atoms with E-state index in [1.807, 2.05) is 56.3 Å². The van der Waals surface area contributed by atoms with Gasteiger partial charge >= 0.3 is 0 Å². The summed E-state index contributed by atoms with van der Waals surface area (Å²) in [4.78, 5) is 13.8. The Hall–Kier alpha value is -2.13. The maximum atomic E-state index is 12.1. The molecule has 0 saturated carbocycles. The lowest BCUT2D eigenvalue weighted by Gasteiger charge is -2.23. The van der Waals surface area contributed by atoms with Crippen molar-refractivity contribution in [1.29, 1.82) is 0 Å². The van der Waals surface area contributed by atoms with Gasteiger partial charge in [-0.25, -0.2) is 0 Å². The molecular formula is C16H18N2O. The van der Waals surface area contributed by atoms with Crippen LogP contribution in [0.5, 0.6) is 0 Å². The standard InChI is InChI=1S/C16H18N2O/c1-12-8-13(2)10-15(9-12)18(16(19)11-17)14-6-4-3-5-7-14/h3-10H,11,17H2,1-2H3. The fourth-order valence-corrected chi connectivity index (χ4v) is 2.19. The fourth-order valence-electron chi connectivity index (χ4n) is 2.19. The number of hydrogen-bond donors (Lipinski definition) is 1. The fraction of sp³-hybridized carbons (Fsp3) is 0.188. The summed E-state index contributed by atoms with van der Waals surface area (Å²) < 4.78 is 0. The third-order valence-electron chi connectivity index (χ3n) is 2.90. The average molecular weight is 254 g/mol. The van der Waals surface area contributed by atoms with E-state index in [1.165, 1.54) is 0 Å². The van der Waals surface area contributed by atoms with E-state index in [2.05, 4.69) is 6.07 Å². The Morgan fingerprint density at radius 2 is 1.58 bits per heavy atom. The van der Waals surface area contributed by atoms with Crippen LogP contribution in [0.2, 0.25) is 0 Å². The number of amides is 1. The lowest BCUT2D eigenvalue weighted by molar-refractivity contribution is -0.116. The molecule has 3 heteroatoms. The van der Waals surface area contributed by atoms with Gasteiger partial charge in [-0.1, -0.05) is 24.3 Å². The third kappa shape index (κ3) is 3.01. The highest BCUT2D eigenvalue weighted by Gasteiger charge is 2.16. The molecule has 0 spiro atoms. The number of para-hydroxylation sites is 1. The molecule has 0 radical (unpaired) electrons. The molecule has 0 unspecified atom stereocenters. The van der Waals surface area contributed by atoms with Gasteiger partial charge in [-0.15, -0.1) is 0 Å². The summed E-state index contributed by atoms with van der Waals surface area (Å²) in [6.07, 6.45) is 0. The van der Waals surface area contributed by atoms with E-state index in [0.29, 0.717) is 0 Å². The van der Waals surface area contributed by atoms with Gasteiger partial charge in [-0.3, -0.25) is 9.69 Å². The van der Waals surface area contributed by atoms with Gasteiger partial charge in [0.15, 0.2) is 0 Å². The summed E-state index contributed by atoms with van der Waals surface area (Å²) >= 11 is 0. The van der Waals surface area contributed by atoms with Crippen molar-refractivity contribution < 1.29 is 4.79 Å². The van der Waals surface area contributed by atoms with Crippen LogP contribution in [0.1, 0.15) is 11.1 Å². The summed E-state index contributed by atoms with van der Waals surface area (Å²) in [5.74, 6) is -0.115.